The first-order valence-corrected chi connectivity index (χ1v) is 11.5. The van der Waals surface area contributed by atoms with E-state index in [-0.39, 0.29) is 34.8 Å². The topological polar surface area (TPSA) is 109 Å². The Hall–Kier alpha value is -1.87. The fraction of sp³-hybridized carbons (Fsp3) is 0.684. The van der Waals surface area contributed by atoms with E-state index in [0.29, 0.717) is 19.6 Å². The fourth-order valence-corrected chi connectivity index (χ4v) is 5.54. The van der Waals surface area contributed by atoms with Crippen molar-refractivity contribution in [2.24, 2.45) is 5.92 Å². The minimum absolute atomic E-state index is 0.0334. The number of nitrogens with one attached hydrogen (secondary N) is 2. The van der Waals surface area contributed by atoms with Gasteiger partial charge in [0.1, 0.15) is 10.7 Å². The molecule has 156 valence electrons. The quantitative estimate of drug-likeness (QED) is 0.665. The maximum atomic E-state index is 12.7. The molecule has 2 fully saturated rings. The van der Waals surface area contributed by atoms with Gasteiger partial charge < -0.3 is 15.1 Å². The molecule has 1 aromatic heterocycles. The van der Waals surface area contributed by atoms with Gasteiger partial charge in [-0.3, -0.25) is 9.59 Å². The third kappa shape index (κ3) is 4.75. The predicted molar refractivity (Wildman–Crippen MR) is 103 cm³/mol. The van der Waals surface area contributed by atoms with Gasteiger partial charge in [-0.25, -0.2) is 8.42 Å². The highest BCUT2D eigenvalue weighted by Gasteiger charge is 2.31. The van der Waals surface area contributed by atoms with Crippen LogP contribution in [0.3, 0.4) is 0 Å². The number of amides is 2. The van der Waals surface area contributed by atoms with Crippen molar-refractivity contribution in [3.05, 3.63) is 17.6 Å². The number of carbonyl (C=O) groups is 2. The Morgan fingerprint density at radius 2 is 1.71 bits per heavy atom. The second kappa shape index (κ2) is 9.09. The van der Waals surface area contributed by atoms with Crippen LogP contribution in [0.25, 0.3) is 0 Å². The van der Waals surface area contributed by atoms with Gasteiger partial charge in [0.15, 0.2) is 5.76 Å². The lowest BCUT2D eigenvalue weighted by Gasteiger charge is -2.20. The number of sulfonamides is 1. The van der Waals surface area contributed by atoms with E-state index in [1.165, 1.54) is 16.8 Å². The van der Waals surface area contributed by atoms with E-state index in [2.05, 4.69) is 10.6 Å². The third-order valence-electron chi connectivity index (χ3n) is 5.46. The molecular formula is C19H29N3O5S. The highest BCUT2D eigenvalue weighted by Crippen LogP contribution is 2.26. The molecule has 0 atom stereocenters. The van der Waals surface area contributed by atoms with Gasteiger partial charge in [0.25, 0.3) is 5.91 Å². The third-order valence-corrected chi connectivity index (χ3v) is 7.47. The lowest BCUT2D eigenvalue weighted by atomic mass is 9.89. The minimum Gasteiger partial charge on any atom is -0.455 e. The molecule has 0 spiro atoms. The van der Waals surface area contributed by atoms with Crippen LogP contribution in [0, 0.1) is 12.8 Å². The summed E-state index contributed by atoms with van der Waals surface area (Å²) in [6, 6.07) is 1.29. The molecule has 1 aliphatic carbocycles. The molecule has 0 unspecified atom stereocenters. The normalized spacial score (nSPS) is 18.9. The van der Waals surface area contributed by atoms with Crippen LogP contribution >= 0.6 is 0 Å². The average molecular weight is 412 g/mol. The lowest BCUT2D eigenvalue weighted by Crippen LogP contribution is -2.38. The zero-order valence-corrected chi connectivity index (χ0v) is 17.1. The Kier molecular flexibility index (Phi) is 6.77. The van der Waals surface area contributed by atoms with Crippen LogP contribution in [0.4, 0.5) is 0 Å². The van der Waals surface area contributed by atoms with Gasteiger partial charge in [0, 0.05) is 38.2 Å². The summed E-state index contributed by atoms with van der Waals surface area (Å²) in [5.41, 5.74) is 0. The van der Waals surface area contributed by atoms with Crippen molar-refractivity contribution in [2.45, 2.75) is 56.8 Å². The molecule has 2 heterocycles. The Bertz CT molecular complexity index is 806. The molecule has 0 bridgehead atoms. The average Bonchev–Trinajstić information content (AvgIpc) is 3.36. The summed E-state index contributed by atoms with van der Waals surface area (Å²) in [5, 5.41) is 5.51. The van der Waals surface area contributed by atoms with Gasteiger partial charge in [-0.05, 0) is 32.6 Å². The Labute approximate surface area is 166 Å². The fourth-order valence-electron chi connectivity index (χ4n) is 3.86. The second-order valence-electron chi connectivity index (χ2n) is 7.52. The highest BCUT2D eigenvalue weighted by atomic mass is 32.2. The van der Waals surface area contributed by atoms with E-state index in [4.69, 9.17) is 4.42 Å². The summed E-state index contributed by atoms with van der Waals surface area (Å²) >= 11 is 0. The first-order chi connectivity index (χ1) is 13.4. The molecule has 0 radical (unpaired) electrons. The van der Waals surface area contributed by atoms with Gasteiger partial charge >= 0.3 is 0 Å². The van der Waals surface area contributed by atoms with Crippen LogP contribution in [0.5, 0.6) is 0 Å². The zero-order valence-electron chi connectivity index (χ0n) is 16.3. The SMILES string of the molecule is Cc1oc(C(=O)NCCNC(=O)C2CCCCC2)cc1S(=O)(=O)N1CCCC1. The predicted octanol–water partition coefficient (Wildman–Crippen LogP) is 1.80. The van der Waals surface area contributed by atoms with Gasteiger partial charge in [0.05, 0.1) is 0 Å². The first-order valence-electron chi connectivity index (χ1n) is 10.1. The van der Waals surface area contributed by atoms with E-state index in [0.717, 1.165) is 38.5 Å². The number of nitrogens with zero attached hydrogens (tertiary/aromatic N) is 1. The molecule has 9 heteroatoms. The highest BCUT2D eigenvalue weighted by molar-refractivity contribution is 7.89. The van der Waals surface area contributed by atoms with E-state index in [1.54, 1.807) is 6.92 Å². The van der Waals surface area contributed by atoms with Crippen LogP contribution < -0.4 is 10.6 Å². The number of hydrogen-bond acceptors (Lipinski definition) is 5. The molecule has 0 aromatic carbocycles. The standard InChI is InChI=1S/C19H29N3O5S/c1-14-17(28(25,26)22-11-5-6-12-22)13-16(27-14)19(24)21-10-9-20-18(23)15-7-3-2-4-8-15/h13,15H,2-12H2,1H3,(H,20,23)(H,21,24). The van der Waals surface area contributed by atoms with E-state index < -0.39 is 15.9 Å². The number of hydrogen-bond donors (Lipinski definition) is 2. The van der Waals surface area contributed by atoms with Crippen LogP contribution in [0.2, 0.25) is 0 Å². The van der Waals surface area contributed by atoms with Gasteiger partial charge in [-0.1, -0.05) is 19.3 Å². The largest absolute Gasteiger partial charge is 0.455 e. The van der Waals surface area contributed by atoms with Crippen LogP contribution in [-0.4, -0.2) is 50.7 Å². The molecule has 2 N–H and O–H groups in total. The number of rotatable bonds is 7. The van der Waals surface area contributed by atoms with E-state index in [1.807, 2.05) is 0 Å². The maximum Gasteiger partial charge on any atom is 0.287 e. The van der Waals surface area contributed by atoms with E-state index >= 15 is 0 Å². The number of furan rings is 1. The van der Waals surface area contributed by atoms with Gasteiger partial charge in [-0.15, -0.1) is 0 Å². The molecule has 28 heavy (non-hydrogen) atoms. The van der Waals surface area contributed by atoms with Crippen molar-refractivity contribution >= 4 is 21.8 Å². The summed E-state index contributed by atoms with van der Waals surface area (Å²) < 4.78 is 32.1. The summed E-state index contributed by atoms with van der Waals surface area (Å²) in [4.78, 5) is 24.4. The van der Waals surface area contributed by atoms with Crippen molar-refractivity contribution < 1.29 is 22.4 Å². The second-order valence-corrected chi connectivity index (χ2v) is 9.43. The smallest absolute Gasteiger partial charge is 0.287 e. The molecule has 1 aliphatic heterocycles. The molecule has 2 amide bonds. The van der Waals surface area contributed by atoms with Crippen molar-refractivity contribution in [3.8, 4) is 0 Å². The van der Waals surface area contributed by atoms with Crippen molar-refractivity contribution in [1.82, 2.24) is 14.9 Å². The van der Waals surface area contributed by atoms with Crippen LogP contribution in [0.1, 0.15) is 61.3 Å². The molecular weight excluding hydrogens is 382 g/mol. The Morgan fingerprint density at radius 3 is 2.39 bits per heavy atom. The Balaban J connectivity index is 1.50. The molecule has 8 nitrogen and oxygen atoms in total. The molecule has 1 aromatic rings. The molecule has 2 aliphatic rings. The minimum atomic E-state index is -3.63. The summed E-state index contributed by atoms with van der Waals surface area (Å²) in [6.45, 7) is 3.12. The summed E-state index contributed by atoms with van der Waals surface area (Å²) in [5.74, 6) is -0.188. The number of carbonyl (C=O) groups excluding carboxylic acids is 2. The Morgan fingerprint density at radius 1 is 1.07 bits per heavy atom. The number of aryl methyl sites for hydroxylation is 1. The monoisotopic (exact) mass is 411 g/mol. The summed E-state index contributed by atoms with van der Waals surface area (Å²) in [7, 11) is -3.63. The van der Waals surface area contributed by atoms with Crippen LogP contribution in [-0.2, 0) is 14.8 Å². The van der Waals surface area contributed by atoms with E-state index in [9.17, 15) is 18.0 Å². The molecule has 3 rings (SSSR count). The molecule has 1 saturated carbocycles. The molecule has 1 saturated heterocycles. The maximum absolute atomic E-state index is 12.7. The van der Waals surface area contributed by atoms with Crippen molar-refractivity contribution in [1.29, 1.82) is 0 Å². The van der Waals surface area contributed by atoms with Crippen LogP contribution in [0.15, 0.2) is 15.4 Å². The van der Waals surface area contributed by atoms with Gasteiger partial charge in [0.2, 0.25) is 15.9 Å². The zero-order chi connectivity index (χ0) is 20.1. The lowest BCUT2D eigenvalue weighted by molar-refractivity contribution is -0.125. The van der Waals surface area contributed by atoms with Crippen molar-refractivity contribution in [2.75, 3.05) is 26.2 Å². The van der Waals surface area contributed by atoms with Crippen molar-refractivity contribution in [3.63, 3.8) is 0 Å². The first kappa shape index (κ1) is 20.9. The van der Waals surface area contributed by atoms with Gasteiger partial charge in [-0.2, -0.15) is 4.31 Å². The summed E-state index contributed by atoms with van der Waals surface area (Å²) in [6.07, 6.45) is 6.92.